The maximum absolute atomic E-state index is 13.3. The van der Waals surface area contributed by atoms with E-state index in [4.69, 9.17) is 11.1 Å². The van der Waals surface area contributed by atoms with Crippen molar-refractivity contribution in [3.8, 4) is 0 Å². The summed E-state index contributed by atoms with van der Waals surface area (Å²) in [5.74, 6) is -1.56. The maximum atomic E-state index is 13.3. The minimum atomic E-state index is -3.83. The summed E-state index contributed by atoms with van der Waals surface area (Å²) in [6.07, 6.45) is 4.53. The molecule has 9 nitrogen and oxygen atoms in total. The van der Waals surface area contributed by atoms with E-state index in [1.807, 2.05) is 12.1 Å². The van der Waals surface area contributed by atoms with Crippen LogP contribution >= 0.6 is 24.8 Å². The van der Waals surface area contributed by atoms with Crippen molar-refractivity contribution in [1.29, 1.82) is 5.41 Å². The molecule has 0 atom stereocenters. The van der Waals surface area contributed by atoms with Gasteiger partial charge in [0.25, 0.3) is 0 Å². The van der Waals surface area contributed by atoms with Crippen molar-refractivity contribution in [1.82, 2.24) is 9.88 Å². The highest BCUT2D eigenvalue weighted by Crippen LogP contribution is 2.37. The molecule has 0 aliphatic carbocycles. The van der Waals surface area contributed by atoms with Crippen molar-refractivity contribution in [2.24, 2.45) is 11.1 Å². The van der Waals surface area contributed by atoms with Crippen molar-refractivity contribution in [2.45, 2.75) is 30.7 Å². The van der Waals surface area contributed by atoms with Crippen LogP contribution in [0.15, 0.2) is 47.6 Å². The van der Waals surface area contributed by atoms with Gasteiger partial charge in [-0.15, -0.1) is 24.8 Å². The van der Waals surface area contributed by atoms with Gasteiger partial charge in [-0.2, -0.15) is 0 Å². The number of fused-ring (bicyclic) bond motifs is 1. The first-order valence-electron chi connectivity index (χ1n) is 10.5. The molecule has 0 saturated carbocycles. The first kappa shape index (κ1) is 27.7. The standard InChI is InChI=1S/C22H27N5O4S.2ClH/c23-21(24)27-10-5-16-1-2-19(13-17(16)14-27)32(30,31)15-22(20(28)29)6-11-26(12-7-22)18-3-8-25-9-4-18;;/h1-4,8-9,13H,5-7,10-12,14-15H2,(H3,23,24)(H,28,29);2*1H. The summed E-state index contributed by atoms with van der Waals surface area (Å²) in [5.41, 5.74) is 7.05. The molecule has 1 aromatic carbocycles. The molecule has 12 heteroatoms. The number of benzene rings is 1. The largest absolute Gasteiger partial charge is 0.481 e. The molecule has 2 aromatic rings. The fraction of sp³-hybridized carbons (Fsp3) is 0.409. The number of nitrogens with one attached hydrogen (secondary N) is 1. The number of pyridine rings is 1. The van der Waals surface area contributed by atoms with Gasteiger partial charge >= 0.3 is 5.97 Å². The molecule has 1 fully saturated rings. The number of hydrogen-bond acceptors (Lipinski definition) is 6. The Morgan fingerprint density at radius 1 is 1.09 bits per heavy atom. The van der Waals surface area contributed by atoms with Crippen LogP contribution < -0.4 is 10.6 Å². The van der Waals surface area contributed by atoms with E-state index < -0.39 is 27.0 Å². The number of carboxylic acids is 1. The second-order valence-electron chi connectivity index (χ2n) is 8.52. The monoisotopic (exact) mass is 529 g/mol. The summed E-state index contributed by atoms with van der Waals surface area (Å²) >= 11 is 0. The number of guanidine groups is 1. The lowest BCUT2D eigenvalue weighted by molar-refractivity contribution is -0.148. The van der Waals surface area contributed by atoms with Crippen LogP contribution in [-0.2, 0) is 27.6 Å². The Balaban J connectivity index is 0.00000204. The first-order chi connectivity index (χ1) is 15.2. The summed E-state index contributed by atoms with van der Waals surface area (Å²) in [6, 6.07) is 8.70. The summed E-state index contributed by atoms with van der Waals surface area (Å²) in [5, 5.41) is 17.6. The molecule has 34 heavy (non-hydrogen) atoms. The third-order valence-corrected chi connectivity index (χ3v) is 8.46. The number of hydrogen-bond donors (Lipinski definition) is 3. The van der Waals surface area contributed by atoms with Gasteiger partial charge in [0, 0.05) is 44.3 Å². The summed E-state index contributed by atoms with van der Waals surface area (Å²) < 4.78 is 26.6. The lowest BCUT2D eigenvalue weighted by Crippen LogP contribution is -2.48. The molecule has 4 rings (SSSR count). The lowest BCUT2D eigenvalue weighted by atomic mass is 9.80. The molecule has 0 spiro atoms. The highest BCUT2D eigenvalue weighted by Gasteiger charge is 2.45. The van der Waals surface area contributed by atoms with E-state index in [1.54, 1.807) is 35.5 Å². The van der Waals surface area contributed by atoms with Gasteiger partial charge in [0.2, 0.25) is 0 Å². The molecule has 186 valence electrons. The topological polar surface area (TPSA) is 141 Å². The van der Waals surface area contributed by atoms with Crippen molar-refractivity contribution >= 4 is 52.3 Å². The SMILES string of the molecule is Cl.Cl.N=C(N)N1CCc2ccc(S(=O)(=O)CC3(C(=O)O)CCN(c4ccncc4)CC3)cc2C1. The van der Waals surface area contributed by atoms with Crippen molar-refractivity contribution in [3.05, 3.63) is 53.9 Å². The molecule has 0 bridgehead atoms. The van der Waals surface area contributed by atoms with Crippen molar-refractivity contribution in [3.63, 3.8) is 0 Å². The third kappa shape index (κ3) is 5.56. The number of piperidine rings is 1. The smallest absolute Gasteiger partial charge is 0.310 e. The van der Waals surface area contributed by atoms with E-state index in [0.29, 0.717) is 32.6 Å². The number of carbonyl (C=O) groups is 1. The lowest BCUT2D eigenvalue weighted by Gasteiger charge is -2.39. The molecule has 1 saturated heterocycles. The summed E-state index contributed by atoms with van der Waals surface area (Å²) in [6.45, 7) is 1.91. The molecule has 2 aliphatic rings. The summed E-state index contributed by atoms with van der Waals surface area (Å²) in [4.78, 5) is 20.1. The van der Waals surface area contributed by atoms with Gasteiger partial charge in [-0.3, -0.25) is 15.2 Å². The Kier molecular flexibility index (Phi) is 8.79. The average Bonchev–Trinajstić information content (AvgIpc) is 2.79. The van der Waals surface area contributed by atoms with Gasteiger partial charge in [-0.1, -0.05) is 6.07 Å². The Labute approximate surface area is 211 Å². The van der Waals surface area contributed by atoms with Gasteiger partial charge in [-0.05, 0) is 54.7 Å². The van der Waals surface area contributed by atoms with Crippen LogP contribution in [-0.4, -0.2) is 60.7 Å². The molecule has 1 aromatic heterocycles. The predicted octanol–water partition coefficient (Wildman–Crippen LogP) is 2.32. The number of rotatable bonds is 5. The van der Waals surface area contributed by atoms with Crippen LogP contribution in [0, 0.1) is 10.8 Å². The zero-order valence-electron chi connectivity index (χ0n) is 18.5. The van der Waals surface area contributed by atoms with Crippen LogP contribution in [0.3, 0.4) is 0 Å². The van der Waals surface area contributed by atoms with E-state index in [1.165, 1.54) is 0 Å². The highest BCUT2D eigenvalue weighted by molar-refractivity contribution is 7.91. The number of nitrogens with zero attached hydrogens (tertiary/aromatic N) is 3. The quantitative estimate of drug-likeness (QED) is 0.395. The fourth-order valence-corrected chi connectivity index (χ4v) is 6.45. The Morgan fingerprint density at radius 2 is 1.74 bits per heavy atom. The van der Waals surface area contributed by atoms with Gasteiger partial charge in [0.05, 0.1) is 16.1 Å². The van der Waals surface area contributed by atoms with Crippen LogP contribution in [0.2, 0.25) is 0 Å². The second-order valence-corrected chi connectivity index (χ2v) is 10.5. The van der Waals surface area contributed by atoms with E-state index in [2.05, 4.69) is 9.88 Å². The Morgan fingerprint density at radius 3 is 2.32 bits per heavy atom. The minimum Gasteiger partial charge on any atom is -0.481 e. The molecular weight excluding hydrogens is 501 g/mol. The highest BCUT2D eigenvalue weighted by atomic mass is 35.5. The zero-order chi connectivity index (χ0) is 22.9. The van der Waals surface area contributed by atoms with Crippen molar-refractivity contribution in [2.75, 3.05) is 30.3 Å². The number of anilines is 1. The Bertz CT molecular complexity index is 1140. The molecule has 4 N–H and O–H groups in total. The van der Waals surface area contributed by atoms with Crippen molar-refractivity contribution < 1.29 is 18.3 Å². The molecule has 0 amide bonds. The fourth-order valence-electron chi connectivity index (χ4n) is 4.55. The van der Waals surface area contributed by atoms with Gasteiger partial charge in [0.1, 0.15) is 0 Å². The molecule has 0 radical (unpaired) electrons. The predicted molar refractivity (Wildman–Crippen MR) is 135 cm³/mol. The zero-order valence-corrected chi connectivity index (χ0v) is 21.0. The number of nitrogens with two attached hydrogens (primary N) is 1. The number of sulfone groups is 1. The van der Waals surface area contributed by atoms with E-state index >= 15 is 0 Å². The molecule has 0 unspecified atom stereocenters. The van der Waals surface area contributed by atoms with E-state index in [0.717, 1.165) is 16.8 Å². The number of halogens is 2. The second kappa shape index (κ2) is 10.8. The number of aliphatic carboxylic acids is 1. The maximum Gasteiger partial charge on any atom is 0.310 e. The average molecular weight is 530 g/mol. The van der Waals surface area contributed by atoms with Crippen LogP contribution in [0.4, 0.5) is 5.69 Å². The first-order valence-corrected chi connectivity index (χ1v) is 12.2. The van der Waals surface area contributed by atoms with Crippen LogP contribution in [0.5, 0.6) is 0 Å². The normalized spacial score (nSPS) is 17.1. The Hall–Kier alpha value is -2.56. The van der Waals surface area contributed by atoms with Crippen LogP contribution in [0.25, 0.3) is 0 Å². The van der Waals surface area contributed by atoms with Gasteiger partial charge < -0.3 is 20.6 Å². The third-order valence-electron chi connectivity index (χ3n) is 6.56. The van der Waals surface area contributed by atoms with E-state index in [-0.39, 0.29) is 48.5 Å². The van der Waals surface area contributed by atoms with Crippen LogP contribution in [0.1, 0.15) is 24.0 Å². The summed E-state index contributed by atoms with van der Waals surface area (Å²) in [7, 11) is -3.83. The molecular formula is C22H29Cl2N5O4S. The van der Waals surface area contributed by atoms with E-state index in [9.17, 15) is 18.3 Å². The number of aromatic nitrogens is 1. The van der Waals surface area contributed by atoms with Gasteiger partial charge in [-0.25, -0.2) is 8.42 Å². The van der Waals surface area contributed by atoms with Gasteiger partial charge in [0.15, 0.2) is 15.8 Å². The molecule has 2 aliphatic heterocycles. The minimum absolute atomic E-state index is 0. The number of carboxylic acid groups (broad SMARTS) is 1. The molecule has 3 heterocycles.